The number of rotatable bonds is 5. The molecule has 1 amide bonds. The van der Waals surface area contributed by atoms with Crippen LogP contribution in [-0.4, -0.2) is 59.4 Å². The van der Waals surface area contributed by atoms with Crippen molar-refractivity contribution in [2.24, 2.45) is 16.9 Å². The van der Waals surface area contributed by atoms with E-state index >= 15 is 0 Å². The molecule has 0 spiro atoms. The molecule has 2 saturated heterocycles. The van der Waals surface area contributed by atoms with Crippen LogP contribution in [0.25, 0.3) is 0 Å². The molecular weight excluding hydrogens is 366 g/mol. The summed E-state index contributed by atoms with van der Waals surface area (Å²) in [6, 6.07) is 9.34. The summed E-state index contributed by atoms with van der Waals surface area (Å²) in [7, 11) is 0. The Balaban J connectivity index is 1.44. The largest absolute Gasteiger partial charge is 0.340 e. The fraction of sp³-hybridized carbons (Fsp3) is 0.381. The van der Waals surface area contributed by atoms with Crippen LogP contribution < -0.4 is 10.3 Å². The van der Waals surface area contributed by atoms with Crippen molar-refractivity contribution in [2.75, 3.05) is 36.5 Å². The van der Waals surface area contributed by atoms with Crippen LogP contribution in [0.5, 0.6) is 0 Å². The van der Waals surface area contributed by atoms with Crippen LogP contribution in [0, 0.1) is 31.1 Å². The van der Waals surface area contributed by atoms with Crippen molar-refractivity contribution in [1.82, 2.24) is 14.9 Å². The predicted molar refractivity (Wildman–Crippen MR) is 114 cm³/mol. The van der Waals surface area contributed by atoms with Crippen molar-refractivity contribution < 1.29 is 4.79 Å². The van der Waals surface area contributed by atoms with Crippen molar-refractivity contribution in [3.8, 4) is 0 Å². The van der Waals surface area contributed by atoms with Crippen LogP contribution in [0.2, 0.25) is 0 Å². The molecule has 8 heteroatoms. The molecule has 2 N–H and O–H groups in total. The van der Waals surface area contributed by atoms with Gasteiger partial charge in [0.25, 0.3) is 5.91 Å². The minimum Gasteiger partial charge on any atom is -0.340 e. The molecule has 2 atom stereocenters. The van der Waals surface area contributed by atoms with Crippen molar-refractivity contribution in [2.45, 2.75) is 13.8 Å². The maximum atomic E-state index is 13.1. The van der Waals surface area contributed by atoms with Crippen molar-refractivity contribution in [1.29, 1.82) is 5.41 Å². The lowest BCUT2D eigenvalue weighted by atomic mass is 10.0. The highest BCUT2D eigenvalue weighted by atomic mass is 16.2. The van der Waals surface area contributed by atoms with Gasteiger partial charge in [-0.15, -0.1) is 0 Å². The van der Waals surface area contributed by atoms with E-state index in [4.69, 9.17) is 5.41 Å². The molecule has 29 heavy (non-hydrogen) atoms. The maximum Gasteiger partial charge on any atom is 0.256 e. The molecule has 2 fully saturated rings. The number of amides is 1. The standard InChI is InChI=1S/C21H25N7O/c1-14-9-15(2)25-21(24-14)28-12-16-10-27(11-17(16)13-28)20(29)18-5-3-4-6-19(18)26-23-8-7-22/h3-9,16-17,22,26H,10-13H2,1-2H3/b22-7?,23-8-. The van der Waals surface area contributed by atoms with Crippen LogP contribution in [0.4, 0.5) is 11.6 Å². The summed E-state index contributed by atoms with van der Waals surface area (Å²) in [5.74, 6) is 1.67. The van der Waals surface area contributed by atoms with Crippen molar-refractivity contribution in [3.05, 3.63) is 47.3 Å². The fourth-order valence-electron chi connectivity index (χ4n) is 4.25. The summed E-state index contributed by atoms with van der Waals surface area (Å²) in [4.78, 5) is 26.5. The number of aromatic nitrogens is 2. The first-order valence-corrected chi connectivity index (χ1v) is 9.79. The van der Waals surface area contributed by atoms with E-state index in [0.717, 1.165) is 49.7 Å². The van der Waals surface area contributed by atoms with E-state index in [1.165, 1.54) is 6.21 Å². The number of hydrogen-bond donors (Lipinski definition) is 2. The maximum absolute atomic E-state index is 13.1. The molecule has 1 aromatic heterocycles. The van der Waals surface area contributed by atoms with Gasteiger partial charge in [-0.2, -0.15) is 5.10 Å². The second-order valence-electron chi connectivity index (χ2n) is 7.69. The molecule has 2 unspecified atom stereocenters. The average Bonchev–Trinajstić information content (AvgIpc) is 3.27. The predicted octanol–water partition coefficient (Wildman–Crippen LogP) is 2.35. The van der Waals surface area contributed by atoms with E-state index in [9.17, 15) is 4.79 Å². The molecule has 3 heterocycles. The van der Waals surface area contributed by atoms with Gasteiger partial charge in [0, 0.05) is 55.6 Å². The number of aryl methyl sites for hydroxylation is 2. The number of nitrogens with one attached hydrogen (secondary N) is 2. The van der Waals surface area contributed by atoms with Gasteiger partial charge in [0.1, 0.15) is 0 Å². The number of fused-ring (bicyclic) bond motifs is 1. The van der Waals surface area contributed by atoms with E-state index in [1.54, 1.807) is 0 Å². The summed E-state index contributed by atoms with van der Waals surface area (Å²) in [6.07, 6.45) is 2.43. The Morgan fingerprint density at radius 2 is 1.79 bits per heavy atom. The van der Waals surface area contributed by atoms with Crippen LogP contribution >= 0.6 is 0 Å². The Hall–Kier alpha value is -3.29. The van der Waals surface area contributed by atoms with Gasteiger partial charge < -0.3 is 15.2 Å². The van der Waals surface area contributed by atoms with E-state index in [1.807, 2.05) is 49.1 Å². The zero-order valence-corrected chi connectivity index (χ0v) is 16.7. The summed E-state index contributed by atoms with van der Waals surface area (Å²) in [6.45, 7) is 7.22. The van der Waals surface area contributed by atoms with Crippen LogP contribution in [0.3, 0.4) is 0 Å². The highest BCUT2D eigenvalue weighted by Gasteiger charge is 2.42. The smallest absolute Gasteiger partial charge is 0.256 e. The molecule has 8 nitrogen and oxygen atoms in total. The summed E-state index contributed by atoms with van der Waals surface area (Å²) < 4.78 is 0. The summed E-state index contributed by atoms with van der Waals surface area (Å²) in [5, 5.41) is 10.9. The minimum atomic E-state index is 0.0155. The quantitative estimate of drug-likeness (QED) is 0.602. The monoisotopic (exact) mass is 391 g/mol. The van der Waals surface area contributed by atoms with E-state index in [-0.39, 0.29) is 5.91 Å². The molecule has 2 aromatic rings. The van der Waals surface area contributed by atoms with Gasteiger partial charge in [0.2, 0.25) is 5.95 Å². The first-order chi connectivity index (χ1) is 14.0. The number of anilines is 2. The number of carbonyl (C=O) groups is 1. The van der Waals surface area contributed by atoms with E-state index in [0.29, 0.717) is 23.1 Å². The molecule has 4 rings (SSSR count). The lowest BCUT2D eigenvalue weighted by Crippen LogP contribution is -2.34. The van der Waals surface area contributed by atoms with Gasteiger partial charge >= 0.3 is 0 Å². The molecule has 150 valence electrons. The molecule has 2 aliphatic heterocycles. The Kier molecular flexibility index (Phi) is 5.24. The number of likely N-dealkylation sites (tertiary alicyclic amines) is 1. The molecule has 0 bridgehead atoms. The van der Waals surface area contributed by atoms with Gasteiger partial charge in [-0.05, 0) is 32.0 Å². The van der Waals surface area contributed by atoms with Crippen molar-refractivity contribution in [3.63, 3.8) is 0 Å². The average molecular weight is 391 g/mol. The Labute approximate surface area is 170 Å². The number of para-hydroxylation sites is 1. The Morgan fingerprint density at radius 1 is 1.14 bits per heavy atom. The highest BCUT2D eigenvalue weighted by molar-refractivity contribution is 6.14. The summed E-state index contributed by atoms with van der Waals surface area (Å²) in [5.41, 5.74) is 6.07. The van der Waals surface area contributed by atoms with Gasteiger partial charge in [-0.1, -0.05) is 12.1 Å². The zero-order valence-electron chi connectivity index (χ0n) is 16.7. The molecule has 0 aliphatic carbocycles. The number of hydrazone groups is 1. The molecule has 0 saturated carbocycles. The second kappa shape index (κ2) is 7.98. The van der Waals surface area contributed by atoms with E-state index in [2.05, 4.69) is 25.4 Å². The van der Waals surface area contributed by atoms with Gasteiger partial charge in [-0.3, -0.25) is 10.2 Å². The Morgan fingerprint density at radius 3 is 2.45 bits per heavy atom. The SMILES string of the molecule is Cc1cc(C)nc(N2CC3CN(C(=O)c4ccccc4N/N=C\C=N)CC3C2)n1. The minimum absolute atomic E-state index is 0.0155. The molecule has 1 aromatic carbocycles. The lowest BCUT2D eigenvalue weighted by Gasteiger charge is -2.23. The third-order valence-corrected chi connectivity index (χ3v) is 5.52. The second-order valence-corrected chi connectivity index (χ2v) is 7.69. The van der Waals surface area contributed by atoms with Crippen LogP contribution in [-0.2, 0) is 0 Å². The summed E-state index contributed by atoms with van der Waals surface area (Å²) >= 11 is 0. The lowest BCUT2D eigenvalue weighted by molar-refractivity contribution is 0.0783. The van der Waals surface area contributed by atoms with Crippen LogP contribution in [0.1, 0.15) is 21.7 Å². The van der Waals surface area contributed by atoms with Crippen LogP contribution in [0.15, 0.2) is 35.4 Å². The number of hydrogen-bond acceptors (Lipinski definition) is 7. The number of carbonyl (C=O) groups excluding carboxylic acids is 1. The first kappa shape index (κ1) is 19.0. The highest BCUT2D eigenvalue weighted by Crippen LogP contribution is 2.34. The first-order valence-electron chi connectivity index (χ1n) is 9.79. The third kappa shape index (κ3) is 3.96. The van der Waals surface area contributed by atoms with Crippen molar-refractivity contribution >= 4 is 30.0 Å². The molecule has 0 radical (unpaired) electrons. The fourth-order valence-corrected chi connectivity index (χ4v) is 4.25. The van der Waals surface area contributed by atoms with Gasteiger partial charge in [0.05, 0.1) is 17.5 Å². The molecular formula is C21H25N7O. The third-order valence-electron chi connectivity index (χ3n) is 5.52. The number of nitrogens with zero attached hydrogens (tertiary/aromatic N) is 5. The number of benzene rings is 1. The van der Waals surface area contributed by atoms with E-state index < -0.39 is 0 Å². The van der Waals surface area contributed by atoms with Gasteiger partial charge in [-0.25, -0.2) is 9.97 Å². The normalized spacial score (nSPS) is 20.9. The topological polar surface area (TPSA) is 97.6 Å². The zero-order chi connectivity index (χ0) is 20.4. The molecule has 2 aliphatic rings. The Bertz CT molecular complexity index is 924. The van der Waals surface area contributed by atoms with Gasteiger partial charge in [0.15, 0.2) is 0 Å².